The Labute approximate surface area is 93.9 Å². The van der Waals surface area contributed by atoms with Gasteiger partial charge in [0.15, 0.2) is 0 Å². The molecule has 0 fully saturated rings. The topological polar surface area (TPSA) is 70.0 Å². The molecule has 5 heteroatoms. The summed E-state index contributed by atoms with van der Waals surface area (Å²) in [6.45, 7) is 0.791. The summed E-state index contributed by atoms with van der Waals surface area (Å²) in [7, 11) is 3.11. The van der Waals surface area contributed by atoms with Gasteiger partial charge in [-0.1, -0.05) is 6.07 Å². The van der Waals surface area contributed by atoms with Gasteiger partial charge >= 0.3 is 0 Å². The first-order valence-electron chi connectivity index (χ1n) is 4.83. The number of benzene rings is 1. The van der Waals surface area contributed by atoms with Crippen molar-refractivity contribution in [1.82, 2.24) is 4.90 Å². The zero-order valence-corrected chi connectivity index (χ0v) is 9.30. The molecule has 0 spiro atoms. The van der Waals surface area contributed by atoms with E-state index >= 15 is 0 Å². The molecular weight excluding hydrogens is 210 g/mol. The van der Waals surface area contributed by atoms with Gasteiger partial charge in [0.25, 0.3) is 5.91 Å². The van der Waals surface area contributed by atoms with E-state index in [-0.39, 0.29) is 17.1 Å². The lowest BCUT2D eigenvalue weighted by Crippen LogP contribution is -2.30. The normalized spacial score (nSPS) is 10.1. The Hall–Kier alpha value is -1.75. The van der Waals surface area contributed by atoms with Gasteiger partial charge in [0.2, 0.25) is 0 Å². The van der Waals surface area contributed by atoms with Crippen molar-refractivity contribution in [3.63, 3.8) is 0 Å². The third kappa shape index (κ3) is 2.64. The first-order valence-corrected chi connectivity index (χ1v) is 4.83. The molecule has 0 atom stereocenters. The minimum absolute atomic E-state index is 0.0823. The summed E-state index contributed by atoms with van der Waals surface area (Å²) in [4.78, 5) is 13.2. The van der Waals surface area contributed by atoms with E-state index in [1.165, 1.54) is 30.2 Å². The maximum Gasteiger partial charge on any atom is 0.261 e. The number of carbonyl (C=O) groups is 1. The quantitative estimate of drug-likeness (QED) is 0.795. The Bertz CT molecular complexity index is 358. The number of hydrogen-bond donors (Lipinski definition) is 2. The number of ether oxygens (including phenoxy) is 1. The molecule has 0 radical (unpaired) electrons. The van der Waals surface area contributed by atoms with E-state index in [0.29, 0.717) is 13.2 Å². The second-order valence-electron chi connectivity index (χ2n) is 3.39. The third-order valence-electron chi connectivity index (χ3n) is 2.21. The Morgan fingerprint density at radius 3 is 2.44 bits per heavy atom. The van der Waals surface area contributed by atoms with Crippen molar-refractivity contribution in [3.8, 4) is 11.5 Å². The van der Waals surface area contributed by atoms with Crippen molar-refractivity contribution in [2.24, 2.45) is 0 Å². The van der Waals surface area contributed by atoms with Gasteiger partial charge in [0.1, 0.15) is 17.1 Å². The summed E-state index contributed by atoms with van der Waals surface area (Å²) in [5.74, 6) is -0.892. The summed E-state index contributed by atoms with van der Waals surface area (Å²) in [6, 6.07) is 4.19. The molecule has 0 aliphatic rings. The van der Waals surface area contributed by atoms with E-state index in [0.717, 1.165) is 0 Å². The van der Waals surface area contributed by atoms with E-state index < -0.39 is 5.91 Å². The second kappa shape index (κ2) is 5.37. The van der Waals surface area contributed by atoms with Gasteiger partial charge in [-0.25, -0.2) is 0 Å². The van der Waals surface area contributed by atoms with Crippen LogP contribution in [0.5, 0.6) is 11.5 Å². The molecular formula is C11H15NO4. The van der Waals surface area contributed by atoms with Crippen LogP contribution in [-0.4, -0.2) is 48.3 Å². The first kappa shape index (κ1) is 12.3. The number of phenols is 2. The van der Waals surface area contributed by atoms with Crippen LogP contribution in [0.2, 0.25) is 0 Å². The van der Waals surface area contributed by atoms with Crippen molar-refractivity contribution in [2.75, 3.05) is 27.3 Å². The molecule has 1 aromatic rings. The lowest BCUT2D eigenvalue weighted by molar-refractivity contribution is 0.0738. The van der Waals surface area contributed by atoms with Crippen molar-refractivity contribution in [2.45, 2.75) is 0 Å². The smallest absolute Gasteiger partial charge is 0.261 e. The van der Waals surface area contributed by atoms with Crippen LogP contribution in [0.3, 0.4) is 0 Å². The molecule has 1 aromatic carbocycles. The van der Waals surface area contributed by atoms with Crippen LogP contribution >= 0.6 is 0 Å². The molecule has 0 saturated heterocycles. The summed E-state index contributed by atoms with van der Waals surface area (Å²) < 4.78 is 4.84. The Morgan fingerprint density at radius 2 is 1.94 bits per heavy atom. The third-order valence-corrected chi connectivity index (χ3v) is 2.21. The molecule has 16 heavy (non-hydrogen) atoms. The van der Waals surface area contributed by atoms with E-state index in [2.05, 4.69) is 0 Å². The lowest BCUT2D eigenvalue weighted by Gasteiger charge is -2.17. The Morgan fingerprint density at radius 1 is 1.38 bits per heavy atom. The molecule has 0 aromatic heterocycles. The predicted octanol–water partition coefficient (Wildman–Crippen LogP) is 0.816. The van der Waals surface area contributed by atoms with E-state index in [1.807, 2.05) is 0 Å². The molecule has 88 valence electrons. The number of phenolic OH excluding ortho intramolecular Hbond substituents is 2. The van der Waals surface area contributed by atoms with Crippen LogP contribution in [0.1, 0.15) is 10.4 Å². The Kier molecular flexibility index (Phi) is 4.13. The van der Waals surface area contributed by atoms with Gasteiger partial charge in [-0.3, -0.25) is 4.79 Å². The predicted molar refractivity (Wildman–Crippen MR) is 58.6 cm³/mol. The maximum absolute atomic E-state index is 11.8. The number of likely N-dealkylation sites (N-methyl/N-ethyl adjacent to an activating group) is 1. The number of aromatic hydroxyl groups is 2. The molecule has 1 rings (SSSR count). The van der Waals surface area contributed by atoms with Gasteiger partial charge < -0.3 is 19.8 Å². The van der Waals surface area contributed by atoms with Gasteiger partial charge in [-0.05, 0) is 12.1 Å². The highest BCUT2D eigenvalue weighted by atomic mass is 16.5. The molecule has 5 nitrogen and oxygen atoms in total. The van der Waals surface area contributed by atoms with Crippen LogP contribution < -0.4 is 0 Å². The van der Waals surface area contributed by atoms with Gasteiger partial charge in [0, 0.05) is 20.7 Å². The zero-order chi connectivity index (χ0) is 12.1. The SMILES string of the molecule is COCCN(C)C(=O)c1c(O)cccc1O. The fraction of sp³-hybridized carbons (Fsp3) is 0.364. The number of nitrogens with zero attached hydrogens (tertiary/aromatic N) is 1. The molecule has 0 bridgehead atoms. The highest BCUT2D eigenvalue weighted by Crippen LogP contribution is 2.27. The van der Waals surface area contributed by atoms with E-state index in [4.69, 9.17) is 4.74 Å². The number of rotatable bonds is 4. The second-order valence-corrected chi connectivity index (χ2v) is 3.39. The lowest BCUT2D eigenvalue weighted by atomic mass is 10.1. The molecule has 0 aliphatic heterocycles. The first-order chi connectivity index (χ1) is 7.57. The summed E-state index contributed by atoms with van der Waals surface area (Å²) >= 11 is 0. The number of amides is 1. The monoisotopic (exact) mass is 225 g/mol. The van der Waals surface area contributed by atoms with Crippen molar-refractivity contribution in [1.29, 1.82) is 0 Å². The number of hydrogen-bond acceptors (Lipinski definition) is 4. The standard InChI is InChI=1S/C11H15NO4/c1-12(6-7-16-2)11(15)10-8(13)4-3-5-9(10)14/h3-5,13-14H,6-7H2,1-2H3. The highest BCUT2D eigenvalue weighted by Gasteiger charge is 2.19. The minimum Gasteiger partial charge on any atom is -0.507 e. The number of methoxy groups -OCH3 is 1. The van der Waals surface area contributed by atoms with Crippen LogP contribution in [0.4, 0.5) is 0 Å². The average Bonchev–Trinajstić information content (AvgIpc) is 2.25. The molecule has 0 aliphatic carbocycles. The minimum atomic E-state index is -0.437. The molecule has 0 saturated carbocycles. The zero-order valence-electron chi connectivity index (χ0n) is 9.30. The maximum atomic E-state index is 11.8. The summed E-state index contributed by atoms with van der Waals surface area (Å²) in [5, 5.41) is 19.0. The van der Waals surface area contributed by atoms with Gasteiger partial charge in [0.05, 0.1) is 6.61 Å². The van der Waals surface area contributed by atoms with Crippen LogP contribution in [0, 0.1) is 0 Å². The fourth-order valence-corrected chi connectivity index (χ4v) is 1.27. The van der Waals surface area contributed by atoms with Crippen LogP contribution in [0.15, 0.2) is 18.2 Å². The van der Waals surface area contributed by atoms with Crippen molar-refractivity contribution >= 4 is 5.91 Å². The fourth-order valence-electron chi connectivity index (χ4n) is 1.27. The molecule has 0 heterocycles. The highest BCUT2D eigenvalue weighted by molar-refractivity contribution is 5.99. The van der Waals surface area contributed by atoms with Gasteiger partial charge in [-0.2, -0.15) is 0 Å². The van der Waals surface area contributed by atoms with Crippen molar-refractivity contribution in [3.05, 3.63) is 23.8 Å². The summed E-state index contributed by atoms with van der Waals surface area (Å²) in [6.07, 6.45) is 0. The Balaban J connectivity index is 2.87. The van der Waals surface area contributed by atoms with Crippen LogP contribution in [0.25, 0.3) is 0 Å². The largest absolute Gasteiger partial charge is 0.507 e. The number of carbonyl (C=O) groups excluding carboxylic acids is 1. The average molecular weight is 225 g/mol. The summed E-state index contributed by atoms with van der Waals surface area (Å²) in [5.41, 5.74) is -0.0823. The molecule has 2 N–H and O–H groups in total. The van der Waals surface area contributed by atoms with E-state index in [9.17, 15) is 15.0 Å². The van der Waals surface area contributed by atoms with Gasteiger partial charge in [-0.15, -0.1) is 0 Å². The van der Waals surface area contributed by atoms with Crippen molar-refractivity contribution < 1.29 is 19.7 Å². The molecule has 1 amide bonds. The van der Waals surface area contributed by atoms with Crippen LogP contribution in [-0.2, 0) is 4.74 Å². The van der Waals surface area contributed by atoms with E-state index in [1.54, 1.807) is 7.05 Å². The molecule has 0 unspecified atom stereocenters.